The van der Waals surface area contributed by atoms with Gasteiger partial charge in [-0.15, -0.1) is 0 Å². The van der Waals surface area contributed by atoms with E-state index < -0.39 is 6.43 Å². The zero-order valence-electron chi connectivity index (χ0n) is 11.9. The van der Waals surface area contributed by atoms with Crippen LogP contribution in [0.1, 0.15) is 36.6 Å². The van der Waals surface area contributed by atoms with E-state index in [9.17, 15) is 8.78 Å². The summed E-state index contributed by atoms with van der Waals surface area (Å²) in [4.78, 5) is 12.1. The second-order valence-corrected chi connectivity index (χ2v) is 5.47. The third-order valence-corrected chi connectivity index (χ3v) is 3.92. The molecule has 1 fully saturated rings. The van der Waals surface area contributed by atoms with E-state index in [2.05, 4.69) is 21.0 Å². The third-order valence-electron chi connectivity index (χ3n) is 3.92. The molecular formula is C16H11F2N5. The number of halogens is 2. The highest BCUT2D eigenvalue weighted by atomic mass is 19.3. The second-order valence-electron chi connectivity index (χ2n) is 5.47. The molecule has 0 amide bonds. The van der Waals surface area contributed by atoms with Crippen molar-refractivity contribution in [3.63, 3.8) is 0 Å². The molecule has 0 unspecified atom stereocenters. The first kappa shape index (κ1) is 13.8. The van der Waals surface area contributed by atoms with Crippen molar-refractivity contribution in [1.29, 1.82) is 5.26 Å². The Balaban J connectivity index is 2.01. The van der Waals surface area contributed by atoms with Crippen LogP contribution in [0.15, 0.2) is 30.7 Å². The molecule has 0 saturated heterocycles. The lowest BCUT2D eigenvalue weighted by Crippen LogP contribution is -2.02. The first-order chi connectivity index (χ1) is 11.2. The van der Waals surface area contributed by atoms with Gasteiger partial charge >= 0.3 is 0 Å². The van der Waals surface area contributed by atoms with Gasteiger partial charge in [0.15, 0.2) is 0 Å². The molecule has 1 aliphatic carbocycles. The predicted octanol–water partition coefficient (Wildman–Crippen LogP) is 3.64. The number of alkyl halides is 2. The quantitative estimate of drug-likeness (QED) is 0.740. The maximum atomic E-state index is 13.3. The monoisotopic (exact) mass is 311 g/mol. The molecular weight excluding hydrogens is 300 g/mol. The van der Waals surface area contributed by atoms with Crippen molar-refractivity contribution < 1.29 is 8.78 Å². The highest BCUT2D eigenvalue weighted by molar-refractivity contribution is 5.82. The van der Waals surface area contributed by atoms with E-state index in [1.54, 1.807) is 18.2 Å². The van der Waals surface area contributed by atoms with Gasteiger partial charge in [0.1, 0.15) is 17.8 Å². The van der Waals surface area contributed by atoms with Crippen LogP contribution in [0.5, 0.6) is 0 Å². The first-order valence-corrected chi connectivity index (χ1v) is 7.19. The SMILES string of the molecule is N#Cc1ccc2nc(-c3cncnc3C(F)F)n(C3CC3)c2c1. The summed E-state index contributed by atoms with van der Waals surface area (Å²) in [6, 6.07) is 7.47. The summed E-state index contributed by atoms with van der Waals surface area (Å²) >= 11 is 0. The smallest absolute Gasteiger partial charge is 0.281 e. The van der Waals surface area contributed by atoms with Crippen LogP contribution >= 0.6 is 0 Å². The van der Waals surface area contributed by atoms with Crippen molar-refractivity contribution >= 4 is 11.0 Å². The molecule has 0 N–H and O–H groups in total. The Bertz CT molecular complexity index is 937. The number of hydrogen-bond donors (Lipinski definition) is 0. The van der Waals surface area contributed by atoms with E-state index in [4.69, 9.17) is 5.26 Å². The van der Waals surface area contributed by atoms with Gasteiger partial charge < -0.3 is 4.57 Å². The molecule has 0 aliphatic heterocycles. The molecule has 2 heterocycles. The van der Waals surface area contributed by atoms with Gasteiger partial charge in [-0.1, -0.05) is 0 Å². The number of fused-ring (bicyclic) bond motifs is 1. The summed E-state index contributed by atoms with van der Waals surface area (Å²) < 4.78 is 28.5. The predicted molar refractivity (Wildman–Crippen MR) is 78.7 cm³/mol. The number of rotatable bonds is 3. The number of imidazole rings is 1. The number of hydrogen-bond acceptors (Lipinski definition) is 4. The van der Waals surface area contributed by atoms with Gasteiger partial charge in [-0.25, -0.2) is 23.7 Å². The van der Waals surface area contributed by atoms with Crippen molar-refractivity contribution in [2.75, 3.05) is 0 Å². The minimum absolute atomic E-state index is 0.217. The van der Waals surface area contributed by atoms with E-state index in [1.165, 1.54) is 6.20 Å². The molecule has 7 heteroatoms. The summed E-state index contributed by atoms with van der Waals surface area (Å²) in [5.41, 5.74) is 1.90. The zero-order valence-corrected chi connectivity index (χ0v) is 11.9. The van der Waals surface area contributed by atoms with Gasteiger partial charge in [0.05, 0.1) is 28.2 Å². The highest BCUT2D eigenvalue weighted by Gasteiger charge is 2.30. The zero-order chi connectivity index (χ0) is 16.0. The summed E-state index contributed by atoms with van der Waals surface area (Å²) in [6.07, 6.45) is 1.72. The lowest BCUT2D eigenvalue weighted by Gasteiger charge is -2.10. The van der Waals surface area contributed by atoms with E-state index >= 15 is 0 Å². The van der Waals surface area contributed by atoms with Crippen molar-refractivity contribution in [1.82, 2.24) is 19.5 Å². The van der Waals surface area contributed by atoms with Crippen LogP contribution in [0, 0.1) is 11.3 Å². The fourth-order valence-electron chi connectivity index (χ4n) is 2.74. The molecule has 0 bridgehead atoms. The van der Waals surface area contributed by atoms with Crippen molar-refractivity contribution in [3.05, 3.63) is 42.0 Å². The number of aromatic nitrogens is 4. The van der Waals surface area contributed by atoms with Crippen LogP contribution in [0.3, 0.4) is 0 Å². The standard InChI is InChI=1S/C16H11F2N5/c17-15(18)14-11(7-20-8-21-14)16-22-12-4-1-9(6-19)5-13(12)23(16)10-2-3-10/h1,4-5,7-8,10,15H,2-3H2. The Labute approximate surface area is 130 Å². The van der Waals surface area contributed by atoms with E-state index in [-0.39, 0.29) is 17.3 Å². The van der Waals surface area contributed by atoms with Gasteiger partial charge in [-0.3, -0.25) is 0 Å². The lowest BCUT2D eigenvalue weighted by atomic mass is 10.2. The Morgan fingerprint density at radius 2 is 2.13 bits per heavy atom. The summed E-state index contributed by atoms with van der Waals surface area (Å²) in [5.74, 6) is 0.438. The maximum Gasteiger partial charge on any atom is 0.281 e. The molecule has 1 aliphatic rings. The van der Waals surface area contributed by atoms with E-state index in [0.29, 0.717) is 16.9 Å². The molecule has 2 aromatic heterocycles. The van der Waals surface area contributed by atoms with E-state index in [1.807, 2.05) is 4.57 Å². The van der Waals surface area contributed by atoms with Crippen LogP contribution in [0.2, 0.25) is 0 Å². The number of nitrogens with zero attached hydrogens (tertiary/aromatic N) is 5. The average Bonchev–Trinajstić information content (AvgIpc) is 3.34. The van der Waals surface area contributed by atoms with Crippen molar-refractivity contribution in [2.45, 2.75) is 25.3 Å². The van der Waals surface area contributed by atoms with Gasteiger partial charge in [-0.2, -0.15) is 5.26 Å². The molecule has 1 aromatic carbocycles. The molecule has 1 saturated carbocycles. The molecule has 23 heavy (non-hydrogen) atoms. The summed E-state index contributed by atoms with van der Waals surface area (Å²) in [7, 11) is 0. The number of nitriles is 1. The molecule has 3 aromatic rings. The molecule has 114 valence electrons. The number of benzene rings is 1. The minimum atomic E-state index is -2.70. The Hall–Kier alpha value is -2.88. The fourth-order valence-corrected chi connectivity index (χ4v) is 2.74. The molecule has 4 rings (SSSR count). The van der Waals surface area contributed by atoms with Crippen LogP contribution in [-0.2, 0) is 0 Å². The fraction of sp³-hybridized carbons (Fsp3) is 0.250. The second kappa shape index (κ2) is 5.09. The Kier molecular flexibility index (Phi) is 3.05. The molecule has 0 spiro atoms. The van der Waals surface area contributed by atoms with E-state index in [0.717, 1.165) is 24.7 Å². The first-order valence-electron chi connectivity index (χ1n) is 7.19. The molecule has 0 atom stereocenters. The average molecular weight is 311 g/mol. The van der Waals surface area contributed by atoms with Crippen molar-refractivity contribution in [3.8, 4) is 17.5 Å². The topological polar surface area (TPSA) is 67.4 Å². The Morgan fingerprint density at radius 1 is 1.30 bits per heavy atom. The van der Waals surface area contributed by atoms with Crippen molar-refractivity contribution in [2.24, 2.45) is 0 Å². The Morgan fingerprint density at radius 3 is 2.83 bits per heavy atom. The van der Waals surface area contributed by atoms with Crippen LogP contribution < -0.4 is 0 Å². The molecule has 0 radical (unpaired) electrons. The van der Waals surface area contributed by atoms with Crippen LogP contribution in [0.4, 0.5) is 8.78 Å². The van der Waals surface area contributed by atoms with Crippen LogP contribution in [-0.4, -0.2) is 19.5 Å². The third kappa shape index (κ3) is 2.23. The van der Waals surface area contributed by atoms with Gasteiger partial charge in [0.2, 0.25) is 0 Å². The minimum Gasteiger partial charge on any atom is -0.321 e. The lowest BCUT2D eigenvalue weighted by molar-refractivity contribution is 0.146. The maximum absolute atomic E-state index is 13.3. The van der Waals surface area contributed by atoms with Gasteiger partial charge in [-0.05, 0) is 31.0 Å². The summed E-state index contributed by atoms with van der Waals surface area (Å²) in [5, 5.41) is 9.08. The normalized spacial score (nSPS) is 14.3. The van der Waals surface area contributed by atoms with Gasteiger partial charge in [0, 0.05) is 12.2 Å². The van der Waals surface area contributed by atoms with Gasteiger partial charge in [0.25, 0.3) is 6.43 Å². The van der Waals surface area contributed by atoms with Crippen LogP contribution in [0.25, 0.3) is 22.4 Å². The largest absolute Gasteiger partial charge is 0.321 e. The highest BCUT2D eigenvalue weighted by Crippen LogP contribution is 2.42. The summed E-state index contributed by atoms with van der Waals surface area (Å²) in [6.45, 7) is 0. The molecule has 5 nitrogen and oxygen atoms in total.